The molecule has 0 saturated carbocycles. The molecule has 3 rings (SSSR count). The van der Waals surface area contributed by atoms with E-state index in [0.717, 1.165) is 11.3 Å². The Balaban J connectivity index is 1.85. The number of anilines is 1. The van der Waals surface area contributed by atoms with Crippen LogP contribution in [0, 0.1) is 0 Å². The number of hydrogen-bond acceptors (Lipinski definition) is 4. The third-order valence-electron chi connectivity index (χ3n) is 4.72. The standard InChI is InChI=1S/C24H26N2O3/c1-24(2,3)17-9-11-18(12-10-17)26-23(27)16-8-13-19(21(15-16)29-5)22-20(28-4)7-6-14-25-22/h6-15H,1-5H3,(H,26,27). The van der Waals surface area contributed by atoms with E-state index in [9.17, 15) is 4.79 Å². The number of ether oxygens (including phenoxy) is 2. The summed E-state index contributed by atoms with van der Waals surface area (Å²) in [5, 5.41) is 2.94. The zero-order chi connectivity index (χ0) is 21.0. The van der Waals surface area contributed by atoms with Crippen molar-refractivity contribution in [3.63, 3.8) is 0 Å². The lowest BCUT2D eigenvalue weighted by Gasteiger charge is -2.19. The Morgan fingerprint density at radius 3 is 2.24 bits per heavy atom. The average molecular weight is 390 g/mol. The van der Waals surface area contributed by atoms with E-state index in [1.165, 1.54) is 5.56 Å². The summed E-state index contributed by atoms with van der Waals surface area (Å²) in [6.45, 7) is 6.47. The summed E-state index contributed by atoms with van der Waals surface area (Å²) in [5.74, 6) is 0.992. The van der Waals surface area contributed by atoms with Gasteiger partial charge in [-0.25, -0.2) is 0 Å². The predicted octanol–water partition coefficient (Wildman–Crippen LogP) is 5.32. The van der Waals surface area contributed by atoms with Crippen molar-refractivity contribution in [1.82, 2.24) is 4.98 Å². The highest BCUT2D eigenvalue weighted by molar-refractivity contribution is 6.05. The van der Waals surface area contributed by atoms with Gasteiger partial charge in [-0.1, -0.05) is 32.9 Å². The van der Waals surface area contributed by atoms with Crippen molar-refractivity contribution in [3.05, 3.63) is 71.9 Å². The molecule has 0 aliphatic carbocycles. The van der Waals surface area contributed by atoms with Crippen LogP contribution in [0.15, 0.2) is 60.8 Å². The van der Waals surface area contributed by atoms with Crippen LogP contribution in [0.25, 0.3) is 11.3 Å². The minimum Gasteiger partial charge on any atom is -0.496 e. The second-order valence-corrected chi connectivity index (χ2v) is 7.75. The van der Waals surface area contributed by atoms with Crippen molar-refractivity contribution < 1.29 is 14.3 Å². The molecule has 3 aromatic rings. The minimum atomic E-state index is -0.202. The van der Waals surface area contributed by atoms with Crippen molar-refractivity contribution in [1.29, 1.82) is 0 Å². The number of pyridine rings is 1. The van der Waals surface area contributed by atoms with E-state index < -0.39 is 0 Å². The van der Waals surface area contributed by atoms with E-state index in [0.29, 0.717) is 22.8 Å². The van der Waals surface area contributed by atoms with Gasteiger partial charge in [0, 0.05) is 23.0 Å². The molecule has 29 heavy (non-hydrogen) atoms. The number of benzene rings is 2. The maximum absolute atomic E-state index is 12.7. The van der Waals surface area contributed by atoms with Gasteiger partial charge in [0.25, 0.3) is 5.91 Å². The van der Waals surface area contributed by atoms with Crippen molar-refractivity contribution >= 4 is 11.6 Å². The van der Waals surface area contributed by atoms with E-state index in [2.05, 4.69) is 31.1 Å². The highest BCUT2D eigenvalue weighted by Gasteiger charge is 2.16. The van der Waals surface area contributed by atoms with Crippen molar-refractivity contribution in [2.75, 3.05) is 19.5 Å². The van der Waals surface area contributed by atoms with Crippen LogP contribution < -0.4 is 14.8 Å². The molecule has 0 aliphatic heterocycles. The number of hydrogen-bond donors (Lipinski definition) is 1. The Kier molecular flexibility index (Phi) is 5.87. The van der Waals surface area contributed by atoms with Gasteiger partial charge in [0.05, 0.1) is 14.2 Å². The third kappa shape index (κ3) is 4.57. The predicted molar refractivity (Wildman–Crippen MR) is 116 cm³/mol. The van der Waals surface area contributed by atoms with Crippen LogP contribution in [0.4, 0.5) is 5.69 Å². The first-order chi connectivity index (χ1) is 13.8. The fourth-order valence-electron chi connectivity index (χ4n) is 3.04. The van der Waals surface area contributed by atoms with Crippen LogP contribution in [0.1, 0.15) is 36.7 Å². The molecule has 0 radical (unpaired) electrons. The number of carbonyl (C=O) groups is 1. The second kappa shape index (κ2) is 8.35. The summed E-state index contributed by atoms with van der Waals surface area (Å²) in [6, 6.07) is 16.8. The zero-order valence-electron chi connectivity index (χ0n) is 17.4. The Bertz CT molecular complexity index is 1010. The van der Waals surface area contributed by atoms with Crippen LogP contribution in [0.5, 0.6) is 11.5 Å². The molecule has 2 aromatic carbocycles. The summed E-state index contributed by atoms with van der Waals surface area (Å²) in [6.07, 6.45) is 1.69. The van der Waals surface area contributed by atoms with Crippen LogP contribution in [-0.4, -0.2) is 25.1 Å². The number of carbonyl (C=O) groups excluding carboxylic acids is 1. The first-order valence-electron chi connectivity index (χ1n) is 9.43. The molecule has 0 saturated heterocycles. The fourth-order valence-corrected chi connectivity index (χ4v) is 3.04. The fraction of sp³-hybridized carbons (Fsp3) is 0.250. The van der Waals surface area contributed by atoms with E-state index in [4.69, 9.17) is 9.47 Å². The number of nitrogens with one attached hydrogen (secondary N) is 1. The molecule has 0 unspecified atom stereocenters. The molecule has 0 fully saturated rings. The summed E-state index contributed by atoms with van der Waals surface area (Å²) in [7, 11) is 3.17. The molecule has 5 nitrogen and oxygen atoms in total. The smallest absolute Gasteiger partial charge is 0.255 e. The first-order valence-corrected chi connectivity index (χ1v) is 9.43. The van der Waals surface area contributed by atoms with Crippen LogP contribution in [0.2, 0.25) is 0 Å². The zero-order valence-corrected chi connectivity index (χ0v) is 17.4. The SMILES string of the molecule is COc1cc(C(=O)Nc2ccc(C(C)(C)C)cc2)ccc1-c1ncccc1OC. The highest BCUT2D eigenvalue weighted by Crippen LogP contribution is 2.35. The van der Waals surface area contributed by atoms with Gasteiger partial charge in [-0.05, 0) is 53.4 Å². The number of amides is 1. The van der Waals surface area contributed by atoms with Gasteiger partial charge < -0.3 is 14.8 Å². The third-order valence-corrected chi connectivity index (χ3v) is 4.72. The molecular formula is C24H26N2O3. The first kappa shape index (κ1) is 20.4. The normalized spacial score (nSPS) is 11.1. The summed E-state index contributed by atoms with van der Waals surface area (Å²) in [4.78, 5) is 17.1. The van der Waals surface area contributed by atoms with E-state index in [1.54, 1.807) is 32.5 Å². The maximum Gasteiger partial charge on any atom is 0.255 e. The lowest BCUT2D eigenvalue weighted by molar-refractivity contribution is 0.102. The summed E-state index contributed by atoms with van der Waals surface area (Å²) in [5.41, 5.74) is 3.95. The molecule has 0 bridgehead atoms. The molecule has 0 spiro atoms. The second-order valence-electron chi connectivity index (χ2n) is 7.75. The monoisotopic (exact) mass is 390 g/mol. The van der Waals surface area contributed by atoms with Gasteiger partial charge in [-0.2, -0.15) is 0 Å². The molecule has 150 valence electrons. The molecule has 1 aromatic heterocycles. The van der Waals surface area contributed by atoms with Crippen molar-refractivity contribution in [2.45, 2.75) is 26.2 Å². The molecule has 1 heterocycles. The average Bonchev–Trinajstić information content (AvgIpc) is 2.73. The Morgan fingerprint density at radius 1 is 0.931 bits per heavy atom. The van der Waals surface area contributed by atoms with Crippen molar-refractivity contribution in [2.24, 2.45) is 0 Å². The van der Waals surface area contributed by atoms with Crippen LogP contribution in [0.3, 0.4) is 0 Å². The Hall–Kier alpha value is -3.34. The number of rotatable bonds is 5. The topological polar surface area (TPSA) is 60.5 Å². The lowest BCUT2D eigenvalue weighted by Crippen LogP contribution is -2.13. The summed E-state index contributed by atoms with van der Waals surface area (Å²) >= 11 is 0. The molecule has 0 atom stereocenters. The van der Waals surface area contributed by atoms with Crippen LogP contribution in [-0.2, 0) is 5.41 Å². The van der Waals surface area contributed by atoms with Gasteiger partial charge in [0.2, 0.25) is 0 Å². The maximum atomic E-state index is 12.7. The Labute approximate surface area is 171 Å². The lowest BCUT2D eigenvalue weighted by atomic mass is 9.87. The van der Waals surface area contributed by atoms with E-state index in [1.807, 2.05) is 42.5 Å². The number of methoxy groups -OCH3 is 2. The Morgan fingerprint density at radius 2 is 1.62 bits per heavy atom. The quantitative estimate of drug-likeness (QED) is 0.641. The van der Waals surface area contributed by atoms with E-state index in [-0.39, 0.29) is 11.3 Å². The molecule has 1 N–H and O–H groups in total. The summed E-state index contributed by atoms with van der Waals surface area (Å²) < 4.78 is 10.9. The molecule has 1 amide bonds. The van der Waals surface area contributed by atoms with Gasteiger partial charge in [-0.3, -0.25) is 9.78 Å². The van der Waals surface area contributed by atoms with Crippen LogP contribution >= 0.6 is 0 Å². The highest BCUT2D eigenvalue weighted by atomic mass is 16.5. The minimum absolute atomic E-state index is 0.0677. The molecule has 5 heteroatoms. The molecule has 0 aliphatic rings. The molecular weight excluding hydrogens is 364 g/mol. The number of nitrogens with zero attached hydrogens (tertiary/aromatic N) is 1. The van der Waals surface area contributed by atoms with Gasteiger partial charge >= 0.3 is 0 Å². The largest absolute Gasteiger partial charge is 0.496 e. The van der Waals surface area contributed by atoms with Gasteiger partial charge in [0.15, 0.2) is 0 Å². The van der Waals surface area contributed by atoms with Crippen molar-refractivity contribution in [3.8, 4) is 22.8 Å². The number of aromatic nitrogens is 1. The van der Waals surface area contributed by atoms with Gasteiger partial charge in [0.1, 0.15) is 17.2 Å². The van der Waals surface area contributed by atoms with Gasteiger partial charge in [-0.15, -0.1) is 0 Å². The van der Waals surface area contributed by atoms with E-state index >= 15 is 0 Å².